The van der Waals surface area contributed by atoms with Gasteiger partial charge in [-0.05, 0) is 31.7 Å². The van der Waals surface area contributed by atoms with E-state index in [1.165, 1.54) is 32.1 Å². The molecule has 1 aliphatic carbocycles. The van der Waals surface area contributed by atoms with Crippen LogP contribution < -0.4 is 10.1 Å². The third kappa shape index (κ3) is 3.87. The molecule has 2 N–H and O–H groups in total. The average molecular weight is 263 g/mol. The van der Waals surface area contributed by atoms with Crippen LogP contribution >= 0.6 is 0 Å². The minimum atomic E-state index is 0.308. The number of ether oxygens (including phenoxy) is 1. The summed E-state index contributed by atoms with van der Waals surface area (Å²) >= 11 is 0. The SMILES string of the molecule is COc1ccc(CNC(C)C2CCCCC2)c(O)c1. The molecule has 0 aromatic heterocycles. The fourth-order valence-electron chi connectivity index (χ4n) is 2.89. The van der Waals surface area contributed by atoms with Crippen molar-refractivity contribution in [2.45, 2.75) is 51.6 Å². The average Bonchev–Trinajstić information content (AvgIpc) is 2.46. The first-order chi connectivity index (χ1) is 9.20. The van der Waals surface area contributed by atoms with E-state index in [1.54, 1.807) is 13.2 Å². The summed E-state index contributed by atoms with van der Waals surface area (Å²) in [5, 5.41) is 13.5. The van der Waals surface area contributed by atoms with Crippen molar-refractivity contribution in [2.75, 3.05) is 7.11 Å². The second-order valence-corrected chi connectivity index (χ2v) is 5.56. The molecule has 0 aliphatic heterocycles. The molecule has 19 heavy (non-hydrogen) atoms. The molecule has 1 atom stereocenters. The second kappa shape index (κ2) is 6.80. The van der Waals surface area contributed by atoms with Gasteiger partial charge >= 0.3 is 0 Å². The minimum absolute atomic E-state index is 0.308. The van der Waals surface area contributed by atoms with Gasteiger partial charge < -0.3 is 15.2 Å². The molecule has 0 heterocycles. The van der Waals surface area contributed by atoms with E-state index < -0.39 is 0 Å². The largest absolute Gasteiger partial charge is 0.507 e. The van der Waals surface area contributed by atoms with Gasteiger partial charge in [0.15, 0.2) is 0 Å². The van der Waals surface area contributed by atoms with Gasteiger partial charge in [0.25, 0.3) is 0 Å². The summed E-state index contributed by atoms with van der Waals surface area (Å²) in [6, 6.07) is 6.00. The number of phenols is 1. The summed E-state index contributed by atoms with van der Waals surface area (Å²) < 4.78 is 5.09. The Hall–Kier alpha value is -1.22. The highest BCUT2D eigenvalue weighted by atomic mass is 16.5. The Balaban J connectivity index is 1.87. The van der Waals surface area contributed by atoms with Crippen LogP contribution in [0.15, 0.2) is 18.2 Å². The van der Waals surface area contributed by atoms with E-state index in [4.69, 9.17) is 4.74 Å². The number of nitrogens with one attached hydrogen (secondary N) is 1. The number of benzene rings is 1. The van der Waals surface area contributed by atoms with Crippen LogP contribution in [-0.2, 0) is 6.54 Å². The Morgan fingerprint density at radius 3 is 2.68 bits per heavy atom. The molecule has 2 rings (SSSR count). The third-order valence-corrected chi connectivity index (χ3v) is 4.26. The number of rotatable bonds is 5. The van der Waals surface area contributed by atoms with Gasteiger partial charge in [0.05, 0.1) is 7.11 Å². The van der Waals surface area contributed by atoms with E-state index in [1.807, 2.05) is 12.1 Å². The zero-order valence-corrected chi connectivity index (χ0v) is 12.0. The van der Waals surface area contributed by atoms with Crippen molar-refractivity contribution in [2.24, 2.45) is 5.92 Å². The summed E-state index contributed by atoms with van der Waals surface area (Å²) in [5.41, 5.74) is 0.934. The molecule has 106 valence electrons. The molecule has 1 saturated carbocycles. The molecule has 3 heteroatoms. The Kier molecular flexibility index (Phi) is 5.08. The molecular weight excluding hydrogens is 238 g/mol. The first-order valence-corrected chi connectivity index (χ1v) is 7.30. The molecule has 0 spiro atoms. The lowest BCUT2D eigenvalue weighted by Crippen LogP contribution is -2.34. The van der Waals surface area contributed by atoms with Gasteiger partial charge in [-0.15, -0.1) is 0 Å². The standard InChI is InChI=1S/C16H25NO2/c1-12(13-6-4-3-5-7-13)17-11-14-8-9-15(19-2)10-16(14)18/h8-10,12-13,17-18H,3-7,11H2,1-2H3. The van der Waals surface area contributed by atoms with Crippen LogP contribution in [0.5, 0.6) is 11.5 Å². The van der Waals surface area contributed by atoms with Crippen LogP contribution in [0.2, 0.25) is 0 Å². The number of hydrogen-bond acceptors (Lipinski definition) is 3. The number of hydrogen-bond donors (Lipinski definition) is 2. The van der Waals surface area contributed by atoms with Crippen molar-refractivity contribution in [3.63, 3.8) is 0 Å². The lowest BCUT2D eigenvalue weighted by molar-refractivity contribution is 0.280. The fraction of sp³-hybridized carbons (Fsp3) is 0.625. The van der Waals surface area contributed by atoms with Crippen LogP contribution in [0.3, 0.4) is 0 Å². The van der Waals surface area contributed by atoms with Gasteiger partial charge in [0.2, 0.25) is 0 Å². The highest BCUT2D eigenvalue weighted by Crippen LogP contribution is 2.27. The van der Waals surface area contributed by atoms with Crippen LogP contribution in [0.1, 0.15) is 44.6 Å². The zero-order chi connectivity index (χ0) is 13.7. The lowest BCUT2D eigenvalue weighted by atomic mass is 9.84. The molecular formula is C16H25NO2. The number of aromatic hydroxyl groups is 1. The van der Waals surface area contributed by atoms with Crippen molar-refractivity contribution in [3.05, 3.63) is 23.8 Å². The van der Waals surface area contributed by atoms with E-state index >= 15 is 0 Å². The minimum Gasteiger partial charge on any atom is -0.507 e. The molecule has 0 saturated heterocycles. The van der Waals surface area contributed by atoms with Gasteiger partial charge in [-0.1, -0.05) is 25.3 Å². The molecule has 3 nitrogen and oxygen atoms in total. The van der Waals surface area contributed by atoms with Crippen molar-refractivity contribution in [3.8, 4) is 11.5 Å². The normalized spacial score (nSPS) is 18.2. The third-order valence-electron chi connectivity index (χ3n) is 4.26. The molecule has 1 fully saturated rings. The van der Waals surface area contributed by atoms with Crippen LogP contribution in [0.25, 0.3) is 0 Å². The smallest absolute Gasteiger partial charge is 0.123 e. The molecule has 1 aromatic rings. The first kappa shape index (κ1) is 14.2. The molecule has 1 aliphatic rings. The monoisotopic (exact) mass is 263 g/mol. The lowest BCUT2D eigenvalue weighted by Gasteiger charge is -2.28. The maximum Gasteiger partial charge on any atom is 0.123 e. The molecule has 0 amide bonds. The number of phenolic OH excluding ortho intramolecular Hbond substituents is 1. The fourth-order valence-corrected chi connectivity index (χ4v) is 2.89. The maximum atomic E-state index is 9.93. The first-order valence-electron chi connectivity index (χ1n) is 7.30. The highest BCUT2D eigenvalue weighted by Gasteiger charge is 2.19. The van der Waals surface area contributed by atoms with Gasteiger partial charge in [-0.25, -0.2) is 0 Å². The molecule has 1 unspecified atom stereocenters. The second-order valence-electron chi connectivity index (χ2n) is 5.56. The quantitative estimate of drug-likeness (QED) is 0.855. The van der Waals surface area contributed by atoms with Crippen LogP contribution in [0.4, 0.5) is 0 Å². The van der Waals surface area contributed by atoms with Crippen molar-refractivity contribution in [1.82, 2.24) is 5.32 Å². The van der Waals surface area contributed by atoms with E-state index in [9.17, 15) is 5.11 Å². The summed E-state index contributed by atoms with van der Waals surface area (Å²) in [6.07, 6.45) is 6.79. The predicted molar refractivity (Wildman–Crippen MR) is 77.5 cm³/mol. The highest BCUT2D eigenvalue weighted by molar-refractivity contribution is 5.39. The van der Waals surface area contributed by atoms with Crippen LogP contribution in [0, 0.1) is 5.92 Å². The molecule has 0 radical (unpaired) electrons. The number of methoxy groups -OCH3 is 1. The summed E-state index contributed by atoms with van der Waals surface area (Å²) in [7, 11) is 1.61. The van der Waals surface area contributed by atoms with Gasteiger partial charge in [0.1, 0.15) is 11.5 Å². The van der Waals surface area contributed by atoms with Crippen molar-refractivity contribution >= 4 is 0 Å². The van der Waals surface area contributed by atoms with Gasteiger partial charge in [-0.2, -0.15) is 0 Å². The molecule has 1 aromatic carbocycles. The topological polar surface area (TPSA) is 41.5 Å². The Bertz CT molecular complexity index is 400. The maximum absolute atomic E-state index is 9.93. The van der Waals surface area contributed by atoms with E-state index in [0.717, 1.165) is 11.5 Å². The summed E-state index contributed by atoms with van der Waals surface area (Å²) in [6.45, 7) is 2.98. The zero-order valence-electron chi connectivity index (χ0n) is 12.0. The summed E-state index contributed by atoms with van der Waals surface area (Å²) in [4.78, 5) is 0. The van der Waals surface area contributed by atoms with Gasteiger partial charge in [-0.3, -0.25) is 0 Å². The van der Waals surface area contributed by atoms with Gasteiger partial charge in [0, 0.05) is 24.2 Å². The van der Waals surface area contributed by atoms with E-state index in [2.05, 4.69) is 12.2 Å². The Morgan fingerprint density at radius 1 is 1.32 bits per heavy atom. The van der Waals surface area contributed by atoms with Crippen molar-refractivity contribution < 1.29 is 9.84 Å². The van der Waals surface area contributed by atoms with Crippen LogP contribution in [-0.4, -0.2) is 18.3 Å². The predicted octanol–water partition coefficient (Wildman–Crippen LogP) is 3.46. The summed E-state index contributed by atoms with van der Waals surface area (Å²) in [5.74, 6) is 1.79. The van der Waals surface area contributed by atoms with Crippen molar-refractivity contribution in [1.29, 1.82) is 0 Å². The Morgan fingerprint density at radius 2 is 2.05 bits per heavy atom. The molecule has 0 bridgehead atoms. The Labute approximate surface area is 116 Å². The van der Waals surface area contributed by atoms with E-state index in [-0.39, 0.29) is 0 Å². The van der Waals surface area contributed by atoms with E-state index in [0.29, 0.717) is 24.1 Å².